The van der Waals surface area contributed by atoms with Gasteiger partial charge in [-0.1, -0.05) is 31.5 Å². The van der Waals surface area contributed by atoms with E-state index in [0.29, 0.717) is 13.2 Å². The number of ether oxygens (including phenoxy) is 1. The molecule has 0 aliphatic carbocycles. The molecule has 3 nitrogen and oxygen atoms in total. The molecule has 0 radical (unpaired) electrons. The van der Waals surface area contributed by atoms with Gasteiger partial charge in [0.25, 0.3) is 0 Å². The van der Waals surface area contributed by atoms with Crippen molar-refractivity contribution in [3.63, 3.8) is 0 Å². The summed E-state index contributed by atoms with van der Waals surface area (Å²) in [6.07, 6.45) is 0.870. The minimum absolute atomic E-state index is 0.364. The summed E-state index contributed by atoms with van der Waals surface area (Å²) in [5.74, 6) is 2.32. The Labute approximate surface area is 128 Å². The number of benzene rings is 1. The Kier molecular flexibility index (Phi) is 5.65. The first-order valence-electron chi connectivity index (χ1n) is 8.04. The molecule has 118 valence electrons. The summed E-state index contributed by atoms with van der Waals surface area (Å²) >= 11 is 0. The minimum atomic E-state index is -0.428. The molecule has 1 heterocycles. The van der Waals surface area contributed by atoms with E-state index in [1.54, 1.807) is 0 Å². The van der Waals surface area contributed by atoms with Crippen molar-refractivity contribution < 1.29 is 9.84 Å². The Morgan fingerprint density at radius 3 is 2.52 bits per heavy atom. The van der Waals surface area contributed by atoms with Crippen LogP contribution in [0.15, 0.2) is 18.2 Å². The van der Waals surface area contributed by atoms with Crippen LogP contribution in [-0.2, 0) is 0 Å². The topological polar surface area (TPSA) is 32.7 Å². The number of aryl methyl sites for hydroxylation is 2. The molecule has 21 heavy (non-hydrogen) atoms. The van der Waals surface area contributed by atoms with Gasteiger partial charge in [-0.3, -0.25) is 0 Å². The first-order valence-corrected chi connectivity index (χ1v) is 8.04. The third kappa shape index (κ3) is 5.01. The fourth-order valence-corrected chi connectivity index (χ4v) is 3.44. The summed E-state index contributed by atoms with van der Waals surface area (Å²) in [6, 6.07) is 6.14. The van der Waals surface area contributed by atoms with E-state index in [1.165, 1.54) is 12.0 Å². The molecular formula is C18H29NO2. The third-order valence-corrected chi connectivity index (χ3v) is 4.18. The van der Waals surface area contributed by atoms with Gasteiger partial charge in [-0.15, -0.1) is 0 Å². The second kappa shape index (κ2) is 7.28. The first-order chi connectivity index (χ1) is 9.94. The summed E-state index contributed by atoms with van der Waals surface area (Å²) in [5.41, 5.74) is 2.36. The van der Waals surface area contributed by atoms with Gasteiger partial charge < -0.3 is 14.7 Å². The third-order valence-electron chi connectivity index (χ3n) is 4.18. The van der Waals surface area contributed by atoms with Crippen LogP contribution in [0.4, 0.5) is 0 Å². The van der Waals surface area contributed by atoms with Gasteiger partial charge in [0.1, 0.15) is 18.5 Å². The van der Waals surface area contributed by atoms with Crippen LogP contribution in [-0.4, -0.2) is 42.4 Å². The van der Waals surface area contributed by atoms with Gasteiger partial charge in [-0.05, 0) is 43.7 Å². The van der Waals surface area contributed by atoms with Crippen molar-refractivity contribution in [1.29, 1.82) is 0 Å². The van der Waals surface area contributed by atoms with Crippen molar-refractivity contribution in [1.82, 2.24) is 4.90 Å². The monoisotopic (exact) mass is 291 g/mol. The van der Waals surface area contributed by atoms with Gasteiger partial charge in [-0.25, -0.2) is 0 Å². The highest BCUT2D eigenvalue weighted by Crippen LogP contribution is 2.22. The molecule has 1 aromatic carbocycles. The number of aliphatic hydroxyl groups excluding tert-OH is 1. The van der Waals surface area contributed by atoms with Crippen LogP contribution in [0.2, 0.25) is 0 Å². The lowest BCUT2D eigenvalue weighted by molar-refractivity contribution is 0.0427. The number of nitrogens with zero attached hydrogens (tertiary/aromatic N) is 1. The second-order valence-corrected chi connectivity index (χ2v) is 6.90. The SMILES string of the molecule is Cc1ccc(OC[C@H](O)CN2C[C@H](C)C[C@@H](C)C2)c(C)c1. The molecular weight excluding hydrogens is 262 g/mol. The second-order valence-electron chi connectivity index (χ2n) is 6.90. The van der Waals surface area contributed by atoms with E-state index in [1.807, 2.05) is 19.1 Å². The Balaban J connectivity index is 1.80. The molecule has 1 fully saturated rings. The number of hydrogen-bond acceptors (Lipinski definition) is 3. The lowest BCUT2D eigenvalue weighted by Crippen LogP contribution is -2.44. The predicted molar refractivity (Wildman–Crippen MR) is 86.8 cm³/mol. The van der Waals surface area contributed by atoms with Gasteiger partial charge in [0.2, 0.25) is 0 Å². The molecule has 1 aromatic rings. The average molecular weight is 291 g/mol. The zero-order valence-electron chi connectivity index (χ0n) is 13.8. The molecule has 2 rings (SSSR count). The average Bonchev–Trinajstić information content (AvgIpc) is 2.36. The van der Waals surface area contributed by atoms with Gasteiger partial charge in [0, 0.05) is 19.6 Å². The van der Waals surface area contributed by atoms with E-state index in [0.717, 1.165) is 36.2 Å². The van der Waals surface area contributed by atoms with Crippen molar-refractivity contribution in [2.45, 2.75) is 40.2 Å². The Morgan fingerprint density at radius 1 is 1.24 bits per heavy atom. The number of β-amino-alcohol motifs (C(OH)–C–C–N with tert-alkyl or cyclic N) is 1. The summed E-state index contributed by atoms with van der Waals surface area (Å²) in [4.78, 5) is 2.37. The van der Waals surface area contributed by atoms with Crippen molar-refractivity contribution in [3.8, 4) is 5.75 Å². The first kappa shape index (κ1) is 16.3. The smallest absolute Gasteiger partial charge is 0.122 e. The van der Waals surface area contributed by atoms with E-state index in [-0.39, 0.29) is 0 Å². The molecule has 0 bridgehead atoms. The highest BCUT2D eigenvalue weighted by atomic mass is 16.5. The maximum Gasteiger partial charge on any atom is 0.122 e. The Morgan fingerprint density at radius 2 is 1.90 bits per heavy atom. The van der Waals surface area contributed by atoms with Crippen LogP contribution in [0.25, 0.3) is 0 Å². The van der Waals surface area contributed by atoms with Crippen molar-refractivity contribution >= 4 is 0 Å². The number of rotatable bonds is 5. The maximum absolute atomic E-state index is 10.2. The fraction of sp³-hybridized carbons (Fsp3) is 0.667. The minimum Gasteiger partial charge on any atom is -0.491 e. The molecule has 3 heteroatoms. The van der Waals surface area contributed by atoms with E-state index in [9.17, 15) is 5.11 Å². The van der Waals surface area contributed by atoms with Crippen LogP contribution in [0.5, 0.6) is 5.75 Å². The predicted octanol–water partition coefficient (Wildman–Crippen LogP) is 3.02. The lowest BCUT2D eigenvalue weighted by atomic mass is 9.92. The van der Waals surface area contributed by atoms with Gasteiger partial charge >= 0.3 is 0 Å². The molecule has 3 atom stereocenters. The van der Waals surface area contributed by atoms with Crippen molar-refractivity contribution in [2.24, 2.45) is 11.8 Å². The van der Waals surface area contributed by atoms with Crippen LogP contribution < -0.4 is 4.74 Å². The van der Waals surface area contributed by atoms with E-state index in [2.05, 4.69) is 31.7 Å². The highest BCUT2D eigenvalue weighted by Gasteiger charge is 2.23. The van der Waals surface area contributed by atoms with Crippen LogP contribution in [0.3, 0.4) is 0 Å². The van der Waals surface area contributed by atoms with Crippen LogP contribution >= 0.6 is 0 Å². The Bertz CT molecular complexity index is 451. The van der Waals surface area contributed by atoms with Crippen LogP contribution in [0.1, 0.15) is 31.4 Å². The molecule has 0 spiro atoms. The fourth-order valence-electron chi connectivity index (χ4n) is 3.44. The van der Waals surface area contributed by atoms with Crippen LogP contribution in [0, 0.1) is 25.7 Å². The summed E-state index contributed by atoms with van der Waals surface area (Å²) in [5, 5.41) is 10.2. The summed E-state index contributed by atoms with van der Waals surface area (Å²) < 4.78 is 5.77. The van der Waals surface area contributed by atoms with Crippen molar-refractivity contribution in [2.75, 3.05) is 26.2 Å². The maximum atomic E-state index is 10.2. The quantitative estimate of drug-likeness (QED) is 0.905. The summed E-state index contributed by atoms with van der Waals surface area (Å²) in [6.45, 7) is 12.0. The van der Waals surface area contributed by atoms with Gasteiger partial charge in [-0.2, -0.15) is 0 Å². The Hall–Kier alpha value is -1.06. The molecule has 0 saturated carbocycles. The number of hydrogen-bond donors (Lipinski definition) is 1. The number of aliphatic hydroxyl groups is 1. The molecule has 0 amide bonds. The standard InChI is InChI=1S/C18H29NO2/c1-13-5-6-18(16(4)8-13)21-12-17(20)11-19-9-14(2)7-15(3)10-19/h5-6,8,14-15,17,20H,7,9-12H2,1-4H3/t14-,15-,17-/m1/s1. The normalized spacial score (nSPS) is 24.8. The molecule has 1 aliphatic rings. The van der Waals surface area contributed by atoms with Gasteiger partial charge in [0.05, 0.1) is 0 Å². The zero-order chi connectivity index (χ0) is 15.4. The molecule has 1 saturated heterocycles. The molecule has 1 N–H and O–H groups in total. The molecule has 0 aromatic heterocycles. The highest BCUT2D eigenvalue weighted by molar-refractivity contribution is 5.35. The van der Waals surface area contributed by atoms with E-state index >= 15 is 0 Å². The molecule has 0 unspecified atom stereocenters. The zero-order valence-corrected chi connectivity index (χ0v) is 13.8. The number of piperidine rings is 1. The lowest BCUT2D eigenvalue weighted by Gasteiger charge is -2.35. The molecule has 1 aliphatic heterocycles. The van der Waals surface area contributed by atoms with Crippen molar-refractivity contribution in [3.05, 3.63) is 29.3 Å². The van der Waals surface area contributed by atoms with E-state index < -0.39 is 6.10 Å². The largest absolute Gasteiger partial charge is 0.491 e. The summed E-state index contributed by atoms with van der Waals surface area (Å²) in [7, 11) is 0. The number of likely N-dealkylation sites (tertiary alicyclic amines) is 1. The van der Waals surface area contributed by atoms with E-state index in [4.69, 9.17) is 4.74 Å². The van der Waals surface area contributed by atoms with Gasteiger partial charge in [0.15, 0.2) is 0 Å².